The van der Waals surface area contributed by atoms with E-state index in [4.69, 9.17) is 4.74 Å². The molecule has 23 heavy (non-hydrogen) atoms. The molecule has 0 aromatic heterocycles. The van der Waals surface area contributed by atoms with Gasteiger partial charge in [-0.05, 0) is 60.4 Å². The van der Waals surface area contributed by atoms with Crippen molar-refractivity contribution in [2.24, 2.45) is 0 Å². The van der Waals surface area contributed by atoms with E-state index in [0.717, 1.165) is 32.1 Å². The maximum Gasteiger partial charge on any atom is 0.302 e. The quantitative estimate of drug-likeness (QED) is 0.799. The number of benzene rings is 2. The van der Waals surface area contributed by atoms with Crippen LogP contribution in [-0.4, -0.2) is 12.1 Å². The van der Waals surface area contributed by atoms with Crippen molar-refractivity contribution in [1.82, 2.24) is 0 Å². The Morgan fingerprint density at radius 2 is 1.52 bits per heavy atom. The van der Waals surface area contributed by atoms with Crippen LogP contribution in [0.1, 0.15) is 41.7 Å². The van der Waals surface area contributed by atoms with Gasteiger partial charge in [-0.15, -0.1) is 0 Å². The molecule has 0 saturated heterocycles. The summed E-state index contributed by atoms with van der Waals surface area (Å²) in [6, 6.07) is 15.8. The summed E-state index contributed by atoms with van der Waals surface area (Å²) in [5.41, 5.74) is 6.85. The number of aryl methyl sites for hydroxylation is 4. The van der Waals surface area contributed by atoms with E-state index in [-0.39, 0.29) is 12.1 Å². The van der Waals surface area contributed by atoms with Gasteiger partial charge in [-0.1, -0.05) is 42.5 Å². The number of esters is 1. The first-order valence-electron chi connectivity index (χ1n) is 8.46. The van der Waals surface area contributed by atoms with Gasteiger partial charge < -0.3 is 4.74 Å². The molecule has 0 unspecified atom stereocenters. The topological polar surface area (TPSA) is 26.3 Å². The van der Waals surface area contributed by atoms with Crippen molar-refractivity contribution < 1.29 is 9.53 Å². The van der Waals surface area contributed by atoms with Crippen LogP contribution in [-0.2, 0) is 41.6 Å². The van der Waals surface area contributed by atoms with Crippen molar-refractivity contribution >= 4 is 5.97 Å². The molecule has 4 aliphatic rings. The molecule has 0 N–H and O–H groups in total. The zero-order chi connectivity index (χ0) is 16.2. The number of carbonyl (C=O) groups is 1. The van der Waals surface area contributed by atoms with E-state index in [2.05, 4.69) is 42.5 Å². The minimum atomic E-state index is -0.204. The van der Waals surface area contributed by atoms with E-state index < -0.39 is 0 Å². The van der Waals surface area contributed by atoms with Gasteiger partial charge in [0.1, 0.15) is 6.10 Å². The Labute approximate surface area is 138 Å². The smallest absolute Gasteiger partial charge is 0.302 e. The number of carbonyl (C=O) groups excluding carboxylic acids is 1. The standard InChI is InChI=1S/C21H24O2/c1-15(23-16(2)22)13-21-14-19-8-7-17-3-5-18(6-4-17)9-11-20(21)12-10-19/h3-6,10,12,14-15H,7-9,11,13H2,1-2H3/t15-/m0/s1. The van der Waals surface area contributed by atoms with Gasteiger partial charge in [0.2, 0.25) is 0 Å². The molecule has 120 valence electrons. The summed E-state index contributed by atoms with van der Waals surface area (Å²) >= 11 is 0. The Bertz CT molecular complexity index is 685. The summed E-state index contributed by atoms with van der Waals surface area (Å²) in [6.07, 6.45) is 4.91. The fourth-order valence-corrected chi connectivity index (χ4v) is 3.34. The molecule has 0 aliphatic heterocycles. The molecular formula is C21H24O2. The second kappa shape index (κ2) is 6.99. The van der Waals surface area contributed by atoms with Crippen LogP contribution in [0.4, 0.5) is 0 Å². The summed E-state index contributed by atoms with van der Waals surface area (Å²) in [6.45, 7) is 3.45. The first kappa shape index (κ1) is 15.8. The highest BCUT2D eigenvalue weighted by Gasteiger charge is 2.12. The third-order valence-electron chi connectivity index (χ3n) is 4.55. The molecule has 0 amide bonds. The Hall–Kier alpha value is -2.09. The Kier molecular flexibility index (Phi) is 4.80. The van der Waals surface area contributed by atoms with Gasteiger partial charge in [-0.3, -0.25) is 4.79 Å². The minimum Gasteiger partial charge on any atom is -0.463 e. The second-order valence-corrected chi connectivity index (χ2v) is 6.54. The molecule has 4 aliphatic carbocycles. The van der Waals surface area contributed by atoms with E-state index in [9.17, 15) is 4.79 Å². The zero-order valence-electron chi connectivity index (χ0n) is 14.0. The molecule has 4 bridgehead atoms. The number of hydrogen-bond acceptors (Lipinski definition) is 2. The number of rotatable bonds is 3. The van der Waals surface area contributed by atoms with Gasteiger partial charge >= 0.3 is 5.97 Å². The first-order chi connectivity index (χ1) is 11.1. The van der Waals surface area contributed by atoms with Crippen LogP contribution in [0, 0.1) is 0 Å². The van der Waals surface area contributed by atoms with Crippen molar-refractivity contribution in [3.63, 3.8) is 0 Å². The van der Waals surface area contributed by atoms with E-state index in [0.29, 0.717) is 0 Å². The van der Waals surface area contributed by atoms with Crippen LogP contribution in [0.2, 0.25) is 0 Å². The van der Waals surface area contributed by atoms with E-state index in [1.165, 1.54) is 34.7 Å². The lowest BCUT2D eigenvalue weighted by Crippen LogP contribution is -2.16. The fraction of sp³-hybridized carbons (Fsp3) is 0.381. The van der Waals surface area contributed by atoms with Crippen LogP contribution in [0.3, 0.4) is 0 Å². The highest BCUT2D eigenvalue weighted by atomic mass is 16.5. The van der Waals surface area contributed by atoms with Gasteiger partial charge in [0.25, 0.3) is 0 Å². The van der Waals surface area contributed by atoms with E-state index in [1.54, 1.807) is 0 Å². The predicted molar refractivity (Wildman–Crippen MR) is 92.6 cm³/mol. The molecule has 1 atom stereocenters. The SMILES string of the molecule is CC(=O)O[C@@H](C)Cc1cc2ccc1CCc1ccc(cc1)CC2. The average molecular weight is 308 g/mol. The lowest BCUT2D eigenvalue weighted by molar-refractivity contribution is -0.145. The predicted octanol–water partition coefficient (Wildman–Crippen LogP) is 4.06. The van der Waals surface area contributed by atoms with Gasteiger partial charge in [0.15, 0.2) is 0 Å². The molecule has 0 spiro atoms. The summed E-state index contributed by atoms with van der Waals surface area (Å²) in [5, 5.41) is 0. The minimum absolute atomic E-state index is 0.0762. The molecule has 0 saturated carbocycles. The van der Waals surface area contributed by atoms with Crippen LogP contribution in [0.5, 0.6) is 0 Å². The molecule has 2 aromatic carbocycles. The first-order valence-corrected chi connectivity index (χ1v) is 8.46. The lowest BCUT2D eigenvalue weighted by atomic mass is 9.91. The Balaban J connectivity index is 1.85. The van der Waals surface area contributed by atoms with E-state index in [1.807, 2.05) is 6.92 Å². The third kappa shape index (κ3) is 4.22. The van der Waals surface area contributed by atoms with Crippen molar-refractivity contribution in [2.45, 2.75) is 52.1 Å². The molecule has 0 fully saturated rings. The van der Waals surface area contributed by atoms with Gasteiger partial charge in [0.05, 0.1) is 0 Å². The molecule has 2 nitrogen and oxygen atoms in total. The number of ether oxygens (including phenoxy) is 1. The average Bonchev–Trinajstić information content (AvgIpc) is 2.50. The molecule has 2 aromatic rings. The summed E-state index contributed by atoms with van der Waals surface area (Å²) in [5.74, 6) is -0.204. The summed E-state index contributed by atoms with van der Waals surface area (Å²) in [4.78, 5) is 11.2. The molecule has 0 heterocycles. The van der Waals surface area contributed by atoms with E-state index >= 15 is 0 Å². The lowest BCUT2D eigenvalue weighted by Gasteiger charge is -2.17. The molecular weight excluding hydrogens is 284 g/mol. The molecule has 6 rings (SSSR count). The van der Waals surface area contributed by atoms with Crippen LogP contribution in [0.15, 0.2) is 42.5 Å². The highest BCUT2D eigenvalue weighted by molar-refractivity contribution is 5.66. The van der Waals surface area contributed by atoms with Crippen LogP contribution < -0.4 is 0 Å². The van der Waals surface area contributed by atoms with Crippen LogP contribution in [0.25, 0.3) is 0 Å². The third-order valence-corrected chi connectivity index (χ3v) is 4.55. The maximum absolute atomic E-state index is 11.2. The number of hydrogen-bond donors (Lipinski definition) is 0. The van der Waals surface area contributed by atoms with Gasteiger partial charge in [-0.2, -0.15) is 0 Å². The Morgan fingerprint density at radius 1 is 0.957 bits per heavy atom. The summed E-state index contributed by atoms with van der Waals surface area (Å²) < 4.78 is 5.32. The van der Waals surface area contributed by atoms with Crippen molar-refractivity contribution in [3.8, 4) is 0 Å². The summed E-state index contributed by atoms with van der Waals surface area (Å²) in [7, 11) is 0. The maximum atomic E-state index is 11.2. The second-order valence-electron chi connectivity index (χ2n) is 6.54. The van der Waals surface area contributed by atoms with Crippen molar-refractivity contribution in [2.75, 3.05) is 0 Å². The Morgan fingerprint density at radius 3 is 2.17 bits per heavy atom. The molecule has 0 radical (unpaired) electrons. The van der Waals surface area contributed by atoms with Gasteiger partial charge in [-0.25, -0.2) is 0 Å². The highest BCUT2D eigenvalue weighted by Crippen LogP contribution is 2.21. The van der Waals surface area contributed by atoms with Crippen LogP contribution >= 0.6 is 0 Å². The van der Waals surface area contributed by atoms with Crippen molar-refractivity contribution in [1.29, 1.82) is 0 Å². The van der Waals surface area contributed by atoms with Gasteiger partial charge in [0, 0.05) is 13.3 Å². The largest absolute Gasteiger partial charge is 0.463 e. The zero-order valence-corrected chi connectivity index (χ0v) is 14.0. The fourth-order valence-electron chi connectivity index (χ4n) is 3.34. The monoisotopic (exact) mass is 308 g/mol. The van der Waals surface area contributed by atoms with Crippen molar-refractivity contribution in [3.05, 3.63) is 70.3 Å². The normalized spacial score (nSPS) is 14.9. The molecule has 2 heteroatoms.